The number of nitrogens with zero attached hydrogens (tertiary/aromatic N) is 4. The molecule has 1 heterocycles. The molecule has 2 rings (SSSR count). The Labute approximate surface area is 79.9 Å². The molecule has 4 nitrogen and oxygen atoms in total. The Hall–Kier alpha value is -1.42. The summed E-state index contributed by atoms with van der Waals surface area (Å²) in [5.41, 5.74) is 1.82. The molecule has 1 aromatic heterocycles. The minimum atomic E-state index is 0.475. The van der Waals surface area contributed by atoms with Crippen molar-refractivity contribution in [2.24, 2.45) is 0 Å². The van der Waals surface area contributed by atoms with Gasteiger partial charge in [0, 0.05) is 16.4 Å². The first-order chi connectivity index (χ1) is 6.29. The van der Waals surface area contributed by atoms with Gasteiger partial charge in [-0.1, -0.05) is 23.7 Å². The van der Waals surface area contributed by atoms with E-state index < -0.39 is 0 Å². The summed E-state index contributed by atoms with van der Waals surface area (Å²) in [5, 5.41) is 14.9. The molecule has 0 radical (unpaired) electrons. The minimum Gasteiger partial charge on any atom is -0.330 e. The second kappa shape index (κ2) is 3.14. The van der Waals surface area contributed by atoms with E-state index in [1.165, 1.54) is 0 Å². The van der Waals surface area contributed by atoms with Crippen LogP contribution in [0, 0.1) is 6.92 Å². The highest BCUT2D eigenvalue weighted by molar-refractivity contribution is 6.33. The maximum absolute atomic E-state index is 5.99. The monoisotopic (exact) mass is 193 g/mol. The second-order valence-electron chi connectivity index (χ2n) is 2.63. The standard InChI is InChI=1S/C8H6ClN4/c1-5-3-2-4-6(9)7(5)8-10-12-13-11-8/h2-4H,1H3/q-1. The van der Waals surface area contributed by atoms with E-state index in [0.29, 0.717) is 10.8 Å². The Morgan fingerprint density at radius 1 is 1.38 bits per heavy atom. The first kappa shape index (κ1) is 8.19. The zero-order chi connectivity index (χ0) is 9.26. The van der Waals surface area contributed by atoms with E-state index in [1.807, 2.05) is 19.1 Å². The first-order valence-corrected chi connectivity index (χ1v) is 4.11. The van der Waals surface area contributed by atoms with Crippen molar-refractivity contribution in [1.29, 1.82) is 0 Å². The molecule has 0 saturated heterocycles. The predicted octanol–water partition coefficient (Wildman–Crippen LogP) is 1.46. The van der Waals surface area contributed by atoms with Crippen molar-refractivity contribution < 1.29 is 0 Å². The highest BCUT2D eigenvalue weighted by Crippen LogP contribution is 2.26. The lowest BCUT2D eigenvalue weighted by Crippen LogP contribution is -1.88. The summed E-state index contributed by atoms with van der Waals surface area (Å²) in [6, 6.07) is 5.61. The van der Waals surface area contributed by atoms with Gasteiger partial charge >= 0.3 is 0 Å². The van der Waals surface area contributed by atoms with Crippen molar-refractivity contribution in [2.45, 2.75) is 6.92 Å². The van der Waals surface area contributed by atoms with E-state index in [2.05, 4.69) is 20.6 Å². The Morgan fingerprint density at radius 3 is 2.85 bits per heavy atom. The Bertz CT molecular complexity index is 390. The smallest absolute Gasteiger partial charge is 0.0491 e. The molecule has 0 atom stereocenters. The van der Waals surface area contributed by atoms with Gasteiger partial charge in [0.05, 0.1) is 0 Å². The number of halogens is 1. The van der Waals surface area contributed by atoms with Gasteiger partial charge in [0.1, 0.15) is 0 Å². The van der Waals surface area contributed by atoms with Crippen molar-refractivity contribution in [3.8, 4) is 11.4 Å². The molecule has 66 valence electrons. The van der Waals surface area contributed by atoms with Crippen molar-refractivity contribution >= 4 is 11.6 Å². The van der Waals surface area contributed by atoms with Crippen LogP contribution in [0.15, 0.2) is 18.2 Å². The number of rotatable bonds is 1. The molecule has 0 aliphatic rings. The summed E-state index contributed by atoms with van der Waals surface area (Å²) in [6.07, 6.45) is 0. The summed E-state index contributed by atoms with van der Waals surface area (Å²) in [4.78, 5) is 0. The van der Waals surface area contributed by atoms with Crippen LogP contribution in [-0.2, 0) is 0 Å². The predicted molar refractivity (Wildman–Crippen MR) is 48.3 cm³/mol. The highest BCUT2D eigenvalue weighted by Gasteiger charge is 2.04. The molecule has 5 heteroatoms. The quantitative estimate of drug-likeness (QED) is 0.688. The number of tetrazole rings is 1. The molecule has 0 aliphatic heterocycles. The third-order valence-electron chi connectivity index (χ3n) is 1.76. The summed E-state index contributed by atoms with van der Waals surface area (Å²) in [6.45, 7) is 1.94. The fourth-order valence-electron chi connectivity index (χ4n) is 1.16. The molecule has 0 bridgehead atoms. The second-order valence-corrected chi connectivity index (χ2v) is 3.04. The fraction of sp³-hybridized carbons (Fsp3) is 0.125. The minimum absolute atomic E-state index is 0.475. The van der Waals surface area contributed by atoms with Gasteiger partial charge in [-0.25, -0.2) is 0 Å². The molecule has 0 aliphatic carbocycles. The molecule has 2 aromatic rings. The fourth-order valence-corrected chi connectivity index (χ4v) is 1.47. The van der Waals surface area contributed by atoms with Crippen LogP contribution >= 0.6 is 11.6 Å². The van der Waals surface area contributed by atoms with Crippen LogP contribution in [0.4, 0.5) is 0 Å². The van der Waals surface area contributed by atoms with Crippen LogP contribution in [-0.4, -0.2) is 15.5 Å². The number of benzene rings is 1. The van der Waals surface area contributed by atoms with Crippen molar-refractivity contribution in [3.05, 3.63) is 28.8 Å². The van der Waals surface area contributed by atoms with E-state index in [9.17, 15) is 0 Å². The highest BCUT2D eigenvalue weighted by atomic mass is 35.5. The van der Waals surface area contributed by atoms with Crippen LogP contribution in [0.3, 0.4) is 0 Å². The molecule has 0 unspecified atom stereocenters. The van der Waals surface area contributed by atoms with Gasteiger partial charge in [0.2, 0.25) is 0 Å². The third kappa shape index (κ3) is 1.40. The van der Waals surface area contributed by atoms with E-state index >= 15 is 0 Å². The summed E-state index contributed by atoms with van der Waals surface area (Å²) < 4.78 is 0. The first-order valence-electron chi connectivity index (χ1n) is 3.73. The van der Waals surface area contributed by atoms with E-state index in [4.69, 9.17) is 11.6 Å². The van der Waals surface area contributed by atoms with E-state index in [1.54, 1.807) is 6.07 Å². The van der Waals surface area contributed by atoms with Crippen LogP contribution in [0.25, 0.3) is 11.4 Å². The summed E-state index contributed by atoms with van der Waals surface area (Å²) in [7, 11) is 0. The molecule has 0 saturated carbocycles. The lowest BCUT2D eigenvalue weighted by molar-refractivity contribution is 0.871. The van der Waals surface area contributed by atoms with Gasteiger partial charge in [0.15, 0.2) is 0 Å². The normalized spacial score (nSPS) is 10.3. The van der Waals surface area contributed by atoms with Gasteiger partial charge in [0.25, 0.3) is 0 Å². The lowest BCUT2D eigenvalue weighted by Gasteiger charge is -2.06. The molecule has 0 amide bonds. The maximum atomic E-state index is 5.99. The van der Waals surface area contributed by atoms with E-state index in [-0.39, 0.29) is 0 Å². The van der Waals surface area contributed by atoms with Crippen molar-refractivity contribution in [3.63, 3.8) is 0 Å². The number of aromatic nitrogens is 4. The molecule has 0 N–H and O–H groups in total. The molecule has 0 spiro atoms. The number of hydrogen-bond donors (Lipinski definition) is 0. The van der Waals surface area contributed by atoms with Crippen LogP contribution < -0.4 is 5.10 Å². The van der Waals surface area contributed by atoms with Crippen molar-refractivity contribution in [1.82, 2.24) is 20.6 Å². The van der Waals surface area contributed by atoms with Gasteiger partial charge in [-0.15, -0.1) is 0 Å². The van der Waals surface area contributed by atoms with Crippen LogP contribution in [0.2, 0.25) is 5.02 Å². The van der Waals surface area contributed by atoms with E-state index in [0.717, 1.165) is 11.1 Å². The molecule has 1 aromatic carbocycles. The van der Waals surface area contributed by atoms with Gasteiger partial charge in [-0.05, 0) is 18.6 Å². The molecular weight excluding hydrogens is 188 g/mol. The van der Waals surface area contributed by atoms with Crippen molar-refractivity contribution in [2.75, 3.05) is 0 Å². The third-order valence-corrected chi connectivity index (χ3v) is 2.08. The number of hydrogen-bond acceptors (Lipinski definition) is 3. The maximum Gasteiger partial charge on any atom is 0.0491 e. The van der Waals surface area contributed by atoms with Gasteiger partial charge in [-0.3, -0.25) is 10.3 Å². The SMILES string of the molecule is Cc1cccc(Cl)c1-c1nnn[n-]1. The topological polar surface area (TPSA) is 52.8 Å². The summed E-state index contributed by atoms with van der Waals surface area (Å²) >= 11 is 5.99. The Kier molecular flexibility index (Phi) is 1.98. The zero-order valence-electron chi connectivity index (χ0n) is 6.90. The molecular formula is C8H6ClN4-. The average Bonchev–Trinajstić information content (AvgIpc) is 2.57. The molecule has 13 heavy (non-hydrogen) atoms. The van der Waals surface area contributed by atoms with Crippen LogP contribution in [0.5, 0.6) is 0 Å². The van der Waals surface area contributed by atoms with Crippen LogP contribution in [0.1, 0.15) is 5.56 Å². The molecule has 0 fully saturated rings. The lowest BCUT2D eigenvalue weighted by atomic mass is 10.1. The Morgan fingerprint density at radius 2 is 2.23 bits per heavy atom. The largest absolute Gasteiger partial charge is 0.330 e. The van der Waals surface area contributed by atoms with Gasteiger partial charge in [-0.2, -0.15) is 5.21 Å². The summed E-state index contributed by atoms with van der Waals surface area (Å²) in [5.74, 6) is 0.475. The number of aryl methyl sites for hydroxylation is 1. The average molecular weight is 194 g/mol. The van der Waals surface area contributed by atoms with Gasteiger partial charge < -0.3 is 5.10 Å². The zero-order valence-corrected chi connectivity index (χ0v) is 7.65. The Balaban J connectivity index is 2.64.